The SMILES string of the molecule is CC/C=C/COc1ccc2c(c1)/C(=N/O)c1ccccc1-2.CC1CCCC1.NNC=O.O=CO. The summed E-state index contributed by atoms with van der Waals surface area (Å²) in [6.45, 7) is 4.73. The maximum atomic E-state index is 9.33. The van der Waals surface area contributed by atoms with Crippen LogP contribution in [0.1, 0.15) is 57.1 Å². The van der Waals surface area contributed by atoms with Crippen LogP contribution in [0.3, 0.4) is 0 Å². The summed E-state index contributed by atoms with van der Waals surface area (Å²) in [5.41, 5.74) is 6.40. The second kappa shape index (κ2) is 16.9. The first kappa shape index (κ1) is 28.4. The summed E-state index contributed by atoms with van der Waals surface area (Å²) in [6.07, 6.45) is 11.4. The maximum Gasteiger partial charge on any atom is 0.290 e. The predicted octanol–water partition coefficient (Wildman–Crippen LogP) is 4.74. The molecule has 8 nitrogen and oxygen atoms in total. The van der Waals surface area contributed by atoms with Gasteiger partial charge in [0.2, 0.25) is 6.41 Å². The Morgan fingerprint density at radius 1 is 1.06 bits per heavy atom. The van der Waals surface area contributed by atoms with E-state index in [4.69, 9.17) is 19.4 Å². The van der Waals surface area contributed by atoms with E-state index < -0.39 is 0 Å². The van der Waals surface area contributed by atoms with Crippen molar-refractivity contribution in [2.45, 2.75) is 46.0 Å². The van der Waals surface area contributed by atoms with Gasteiger partial charge < -0.3 is 15.1 Å². The molecule has 2 aromatic carbocycles. The van der Waals surface area contributed by atoms with Gasteiger partial charge in [0, 0.05) is 11.1 Å². The number of rotatable bonds is 5. The fraction of sp³-hybridized carbons (Fsp3) is 0.346. The summed E-state index contributed by atoms with van der Waals surface area (Å²) in [4.78, 5) is 17.3. The molecule has 8 heteroatoms. The Kier molecular flexibility index (Phi) is 14.1. The first-order valence-electron chi connectivity index (χ1n) is 11.3. The number of carbonyl (C=O) groups excluding carboxylic acids is 1. The number of carbonyl (C=O) groups is 2. The number of nitrogens with two attached hydrogens (primary N) is 1. The van der Waals surface area contributed by atoms with E-state index in [1.54, 1.807) is 5.43 Å². The van der Waals surface area contributed by atoms with E-state index in [2.05, 4.69) is 30.9 Å². The van der Waals surface area contributed by atoms with Crippen molar-refractivity contribution in [3.63, 3.8) is 0 Å². The molecule has 0 aromatic heterocycles. The second-order valence-corrected chi connectivity index (χ2v) is 7.67. The number of fused-ring (bicyclic) bond motifs is 3. The van der Waals surface area contributed by atoms with Crippen LogP contribution in [-0.2, 0) is 9.59 Å². The largest absolute Gasteiger partial charge is 0.490 e. The molecule has 0 spiro atoms. The van der Waals surface area contributed by atoms with Crippen molar-refractivity contribution in [1.82, 2.24) is 5.43 Å². The monoisotopic (exact) mass is 469 g/mol. The minimum absolute atomic E-state index is 0.250. The normalized spacial score (nSPS) is 14.4. The van der Waals surface area contributed by atoms with Gasteiger partial charge in [0.1, 0.15) is 18.1 Å². The highest BCUT2D eigenvalue weighted by molar-refractivity contribution is 6.24. The van der Waals surface area contributed by atoms with Crippen LogP contribution in [0.5, 0.6) is 5.75 Å². The van der Waals surface area contributed by atoms with E-state index in [0.29, 0.717) is 18.7 Å². The number of hydrazine groups is 1. The standard InChI is InChI=1S/C18H17NO2.C6H12.CH4N2O.CH2O2/c1-2-3-6-11-21-13-9-10-15-14-7-4-5-8-16(14)18(19-20)17(15)12-13;1-6-4-2-3-5-6;2-3-1-4;2-1-3/h3-10,12,20H,2,11H2,1H3;6H,2-5H2,1H3;1H,2H2,(H,3,4);1H,(H,2,3)/b6-3+,19-18+;;;. The Labute approximate surface area is 201 Å². The van der Waals surface area contributed by atoms with Gasteiger partial charge in [-0.2, -0.15) is 0 Å². The van der Waals surface area contributed by atoms with Crippen LogP contribution in [0.15, 0.2) is 59.8 Å². The van der Waals surface area contributed by atoms with Crippen molar-refractivity contribution < 1.29 is 24.6 Å². The van der Waals surface area contributed by atoms with Crippen molar-refractivity contribution in [2.24, 2.45) is 16.9 Å². The Bertz CT molecular complexity index is 938. The molecule has 0 radical (unpaired) electrons. The number of benzene rings is 2. The maximum absolute atomic E-state index is 9.33. The van der Waals surface area contributed by atoms with Gasteiger partial charge in [-0.1, -0.05) is 81.1 Å². The molecule has 0 heterocycles. The topological polar surface area (TPSA) is 134 Å². The molecule has 184 valence electrons. The van der Waals surface area contributed by atoms with Gasteiger partial charge in [-0.15, -0.1) is 0 Å². The average Bonchev–Trinajstić information content (AvgIpc) is 3.47. The number of oxime groups is 1. The number of hydrogen-bond acceptors (Lipinski definition) is 6. The fourth-order valence-electron chi connectivity index (χ4n) is 3.73. The molecule has 2 aromatic rings. The fourth-order valence-corrected chi connectivity index (χ4v) is 3.73. The van der Waals surface area contributed by atoms with Gasteiger partial charge in [-0.3, -0.25) is 15.0 Å². The van der Waals surface area contributed by atoms with E-state index in [-0.39, 0.29) is 6.47 Å². The molecule has 34 heavy (non-hydrogen) atoms. The summed E-state index contributed by atoms with van der Waals surface area (Å²) >= 11 is 0. The summed E-state index contributed by atoms with van der Waals surface area (Å²) < 4.78 is 5.70. The van der Waals surface area contributed by atoms with Gasteiger partial charge >= 0.3 is 0 Å². The molecule has 5 N–H and O–H groups in total. The summed E-state index contributed by atoms with van der Waals surface area (Å²) in [6, 6.07) is 13.8. The molecule has 2 aliphatic rings. The minimum atomic E-state index is -0.250. The van der Waals surface area contributed by atoms with E-state index in [0.717, 1.165) is 40.3 Å². The lowest BCUT2D eigenvalue weighted by Crippen LogP contribution is -2.18. The lowest BCUT2D eigenvalue weighted by molar-refractivity contribution is -0.122. The summed E-state index contributed by atoms with van der Waals surface area (Å²) in [7, 11) is 0. The highest BCUT2D eigenvalue weighted by Crippen LogP contribution is 2.38. The van der Waals surface area contributed by atoms with Crippen LogP contribution >= 0.6 is 0 Å². The zero-order valence-electron chi connectivity index (χ0n) is 19.8. The van der Waals surface area contributed by atoms with Crippen molar-refractivity contribution in [2.75, 3.05) is 6.61 Å². The van der Waals surface area contributed by atoms with Crippen LogP contribution in [-0.4, -0.2) is 35.5 Å². The smallest absolute Gasteiger partial charge is 0.290 e. The highest BCUT2D eigenvalue weighted by atomic mass is 16.5. The van der Waals surface area contributed by atoms with Crippen molar-refractivity contribution in [3.05, 3.63) is 65.7 Å². The molecule has 0 aliphatic heterocycles. The van der Waals surface area contributed by atoms with E-state index in [1.165, 1.54) is 25.7 Å². The van der Waals surface area contributed by atoms with Gasteiger partial charge in [0.15, 0.2) is 0 Å². The molecule has 1 fully saturated rings. The van der Waals surface area contributed by atoms with Gasteiger partial charge in [0.05, 0.1) is 0 Å². The third-order valence-electron chi connectivity index (χ3n) is 5.28. The number of nitrogens with zero attached hydrogens (tertiary/aromatic N) is 1. The molecule has 0 bridgehead atoms. The molecule has 1 amide bonds. The Hall–Kier alpha value is -3.65. The lowest BCUT2D eigenvalue weighted by Gasteiger charge is -2.06. The van der Waals surface area contributed by atoms with E-state index >= 15 is 0 Å². The zero-order valence-corrected chi connectivity index (χ0v) is 19.8. The molecule has 0 unspecified atom stereocenters. The molecular weight excluding hydrogens is 434 g/mol. The van der Waals surface area contributed by atoms with Crippen molar-refractivity contribution >= 4 is 18.6 Å². The number of carboxylic acid groups (broad SMARTS) is 1. The third-order valence-corrected chi connectivity index (χ3v) is 5.28. The lowest BCUT2D eigenvalue weighted by atomic mass is 10.1. The van der Waals surface area contributed by atoms with Gasteiger partial charge in [0.25, 0.3) is 6.47 Å². The van der Waals surface area contributed by atoms with E-state index in [9.17, 15) is 5.21 Å². The Balaban J connectivity index is 0.000000365. The zero-order chi connectivity index (χ0) is 25.2. The molecular formula is C26H35N3O5. The number of nitrogens with one attached hydrogen (secondary N) is 1. The minimum Gasteiger partial charge on any atom is -0.490 e. The van der Waals surface area contributed by atoms with Crippen molar-refractivity contribution in [1.29, 1.82) is 0 Å². The molecule has 2 aliphatic carbocycles. The van der Waals surface area contributed by atoms with Crippen LogP contribution in [0, 0.1) is 5.92 Å². The van der Waals surface area contributed by atoms with Gasteiger partial charge in [-0.25, -0.2) is 5.84 Å². The van der Waals surface area contributed by atoms with Crippen LogP contribution in [0.25, 0.3) is 11.1 Å². The first-order chi connectivity index (χ1) is 16.6. The van der Waals surface area contributed by atoms with E-state index in [1.807, 2.05) is 48.5 Å². The summed E-state index contributed by atoms with van der Waals surface area (Å²) in [5.74, 6) is 6.24. The number of amides is 1. The summed E-state index contributed by atoms with van der Waals surface area (Å²) in [5, 5.41) is 19.7. The number of ether oxygens (including phenoxy) is 1. The average molecular weight is 470 g/mol. The highest BCUT2D eigenvalue weighted by Gasteiger charge is 2.25. The predicted molar refractivity (Wildman–Crippen MR) is 134 cm³/mol. The van der Waals surface area contributed by atoms with Crippen LogP contribution in [0.2, 0.25) is 0 Å². The first-order valence-corrected chi connectivity index (χ1v) is 11.3. The number of hydrogen-bond donors (Lipinski definition) is 4. The Morgan fingerprint density at radius 2 is 1.65 bits per heavy atom. The van der Waals surface area contributed by atoms with Gasteiger partial charge in [-0.05, 0) is 41.7 Å². The second-order valence-electron chi connectivity index (χ2n) is 7.67. The molecule has 4 rings (SSSR count). The third kappa shape index (κ3) is 9.07. The molecule has 0 atom stereocenters. The van der Waals surface area contributed by atoms with Crippen molar-refractivity contribution in [3.8, 4) is 16.9 Å². The molecule has 0 saturated heterocycles. The Morgan fingerprint density at radius 3 is 2.15 bits per heavy atom. The number of allylic oxidation sites excluding steroid dienone is 1. The quantitative estimate of drug-likeness (QED) is 0.106. The van der Waals surface area contributed by atoms with Crippen LogP contribution in [0.4, 0.5) is 0 Å². The molecule has 1 saturated carbocycles. The van der Waals surface area contributed by atoms with Crippen LogP contribution < -0.4 is 16.0 Å².